The number of amides is 1. The van der Waals surface area contributed by atoms with Gasteiger partial charge in [-0.2, -0.15) is 23.5 Å². The van der Waals surface area contributed by atoms with Crippen LogP contribution in [0.3, 0.4) is 0 Å². The minimum Gasteiger partial charge on any atom is -0.346 e. The van der Waals surface area contributed by atoms with E-state index in [1.54, 1.807) is 6.20 Å². The topological polar surface area (TPSA) is 159 Å². The number of nitrogens with two attached hydrogens (primary N) is 1. The number of rotatable bonds is 6. The lowest BCUT2D eigenvalue weighted by Crippen LogP contribution is -2.60. The number of nitrogens with one attached hydrogen (secondary N) is 1. The highest BCUT2D eigenvalue weighted by Gasteiger charge is 2.49. The van der Waals surface area contributed by atoms with Crippen LogP contribution in [0.1, 0.15) is 60.5 Å². The molecule has 0 spiro atoms. The Balaban J connectivity index is 1.02. The molecule has 0 bridgehead atoms. The van der Waals surface area contributed by atoms with Crippen molar-refractivity contribution in [2.24, 2.45) is 5.73 Å². The van der Waals surface area contributed by atoms with E-state index in [0.29, 0.717) is 58.3 Å². The van der Waals surface area contributed by atoms with Crippen molar-refractivity contribution in [3.05, 3.63) is 54.3 Å². The van der Waals surface area contributed by atoms with Crippen molar-refractivity contribution in [1.82, 2.24) is 44.5 Å². The van der Waals surface area contributed by atoms with E-state index in [2.05, 4.69) is 41.0 Å². The Morgan fingerprint density at radius 3 is 2.61 bits per heavy atom. The summed E-state index contributed by atoms with van der Waals surface area (Å²) >= 11 is 0. The SMILES string of the molecule is N#CC[C@]1(n2cc(-c3ncnc4[nH]ccc34)cn2)C[C@H](N2CCN(C(=O)c3cc(C4(N)CCC4)nc(C(F)(F)F)n3)CC2)C1. The summed E-state index contributed by atoms with van der Waals surface area (Å²) in [5.41, 5.74) is 6.97. The predicted octanol–water partition coefficient (Wildman–Crippen LogP) is 3.20. The van der Waals surface area contributed by atoms with Crippen molar-refractivity contribution in [3.63, 3.8) is 0 Å². The van der Waals surface area contributed by atoms with Gasteiger partial charge in [0.05, 0.1) is 41.2 Å². The van der Waals surface area contributed by atoms with Gasteiger partial charge in [0.1, 0.15) is 17.7 Å². The maximum atomic E-state index is 13.6. The highest BCUT2D eigenvalue weighted by molar-refractivity contribution is 5.92. The van der Waals surface area contributed by atoms with E-state index in [1.807, 2.05) is 23.1 Å². The summed E-state index contributed by atoms with van der Waals surface area (Å²) < 4.78 is 42.7. The van der Waals surface area contributed by atoms with Gasteiger partial charge in [-0.1, -0.05) is 0 Å². The van der Waals surface area contributed by atoms with Crippen LogP contribution in [0.15, 0.2) is 37.1 Å². The maximum Gasteiger partial charge on any atom is 0.451 e. The average Bonchev–Trinajstić information content (AvgIpc) is 3.67. The number of carbonyl (C=O) groups excluding carboxylic acids is 1. The molecule has 0 atom stereocenters. The average molecular weight is 606 g/mol. The Morgan fingerprint density at radius 1 is 1.16 bits per heavy atom. The van der Waals surface area contributed by atoms with Crippen molar-refractivity contribution in [3.8, 4) is 17.3 Å². The first-order valence-electron chi connectivity index (χ1n) is 14.6. The molecule has 5 heterocycles. The number of nitrogens with zero attached hydrogens (tertiary/aromatic N) is 9. The highest BCUT2D eigenvalue weighted by atomic mass is 19.4. The number of hydrogen-bond acceptors (Lipinski definition) is 9. The molecule has 12 nitrogen and oxygen atoms in total. The van der Waals surface area contributed by atoms with Gasteiger partial charge >= 0.3 is 6.18 Å². The number of aromatic amines is 1. The summed E-state index contributed by atoms with van der Waals surface area (Å²) in [6.45, 7) is 1.81. The fourth-order valence-electron chi connectivity index (χ4n) is 6.65. The van der Waals surface area contributed by atoms with Crippen molar-refractivity contribution < 1.29 is 18.0 Å². The molecule has 7 rings (SSSR count). The zero-order valence-electron chi connectivity index (χ0n) is 23.8. The largest absolute Gasteiger partial charge is 0.451 e. The first-order chi connectivity index (χ1) is 21.1. The Hall–Kier alpha value is -4.42. The van der Waals surface area contributed by atoms with E-state index in [4.69, 9.17) is 5.73 Å². The molecule has 2 aliphatic carbocycles. The molecule has 0 aromatic carbocycles. The van der Waals surface area contributed by atoms with Gasteiger partial charge in [0.2, 0.25) is 5.82 Å². The predicted molar refractivity (Wildman–Crippen MR) is 151 cm³/mol. The number of nitriles is 1. The summed E-state index contributed by atoms with van der Waals surface area (Å²) in [5.74, 6) is -1.89. The number of alkyl halides is 3. The van der Waals surface area contributed by atoms with E-state index in [0.717, 1.165) is 28.7 Å². The normalized spacial score (nSPS) is 23.6. The van der Waals surface area contributed by atoms with Crippen LogP contribution in [-0.2, 0) is 17.3 Å². The van der Waals surface area contributed by atoms with Crippen molar-refractivity contribution in [2.75, 3.05) is 26.2 Å². The third kappa shape index (κ3) is 4.78. The fraction of sp³-hybridized carbons (Fsp3) is 0.483. The quantitative estimate of drug-likeness (QED) is 0.337. The smallest absolute Gasteiger partial charge is 0.346 e. The number of H-pyrrole nitrogens is 1. The third-order valence-corrected chi connectivity index (χ3v) is 9.41. The molecular formula is C29H30F3N11O. The lowest BCUT2D eigenvalue weighted by atomic mass is 9.70. The molecule has 228 valence electrons. The monoisotopic (exact) mass is 605 g/mol. The first-order valence-corrected chi connectivity index (χ1v) is 14.6. The summed E-state index contributed by atoms with van der Waals surface area (Å²) in [4.78, 5) is 36.2. The molecule has 1 aliphatic heterocycles. The molecule has 1 saturated heterocycles. The summed E-state index contributed by atoms with van der Waals surface area (Å²) in [5, 5.41) is 15.2. The number of fused-ring (bicyclic) bond motifs is 1. The maximum absolute atomic E-state index is 13.6. The molecule has 0 unspecified atom stereocenters. The second kappa shape index (κ2) is 10.3. The molecule has 44 heavy (non-hydrogen) atoms. The standard InChI is InChI=1S/C29H30F3N11O/c30-29(31,32)26-39-21(12-22(40-26)28(34)3-1-4-28)25(44)42-10-8-41(9-11-42)19-13-27(14-19,5-6-33)43-16-18(15-38-43)23-20-2-7-35-24(20)37-17-36-23/h2,7,12,15-17,19H,1,3-5,8-11,13-14,34H2,(H,35,36,37)/t19-,27-. The van der Waals surface area contributed by atoms with Crippen LogP contribution in [0.5, 0.6) is 0 Å². The summed E-state index contributed by atoms with van der Waals surface area (Å²) in [7, 11) is 0. The van der Waals surface area contributed by atoms with E-state index in [1.165, 1.54) is 17.3 Å². The van der Waals surface area contributed by atoms with Crippen LogP contribution in [-0.4, -0.2) is 82.6 Å². The minimum absolute atomic E-state index is 0.0652. The van der Waals surface area contributed by atoms with Gasteiger partial charge in [-0.25, -0.2) is 19.9 Å². The number of carbonyl (C=O) groups is 1. The van der Waals surface area contributed by atoms with Crippen molar-refractivity contribution in [2.45, 2.75) is 61.8 Å². The Morgan fingerprint density at radius 2 is 1.93 bits per heavy atom. The summed E-state index contributed by atoms with van der Waals surface area (Å²) in [6, 6.07) is 5.75. The Bertz CT molecular complexity index is 1760. The molecule has 15 heteroatoms. The number of piperazine rings is 1. The minimum atomic E-state index is -4.79. The van der Waals surface area contributed by atoms with Gasteiger partial charge in [-0.3, -0.25) is 14.4 Å². The Kier molecular flexibility index (Phi) is 6.67. The first kappa shape index (κ1) is 28.4. The molecular weight excluding hydrogens is 575 g/mol. The number of halogens is 3. The van der Waals surface area contributed by atoms with Crippen molar-refractivity contribution in [1.29, 1.82) is 5.26 Å². The van der Waals surface area contributed by atoms with Gasteiger partial charge < -0.3 is 15.6 Å². The number of aromatic nitrogens is 7. The zero-order chi connectivity index (χ0) is 30.7. The molecule has 3 aliphatic rings. The van der Waals surface area contributed by atoms with Crippen LogP contribution in [0, 0.1) is 11.3 Å². The molecule has 0 radical (unpaired) electrons. The van der Waals surface area contributed by atoms with Gasteiger partial charge in [0.15, 0.2) is 0 Å². The van der Waals surface area contributed by atoms with Gasteiger partial charge in [-0.15, -0.1) is 0 Å². The highest BCUT2D eigenvalue weighted by Crippen LogP contribution is 2.45. The summed E-state index contributed by atoms with van der Waals surface area (Å²) in [6.07, 6.45) is 5.75. The molecule has 2 saturated carbocycles. The second-order valence-corrected chi connectivity index (χ2v) is 12.1. The molecule has 4 aromatic rings. The van der Waals surface area contributed by atoms with Gasteiger partial charge in [0.25, 0.3) is 5.91 Å². The molecule has 4 aromatic heterocycles. The lowest BCUT2D eigenvalue weighted by Gasteiger charge is -2.52. The molecule has 3 fully saturated rings. The van der Waals surface area contributed by atoms with E-state index >= 15 is 0 Å². The molecule has 1 amide bonds. The van der Waals surface area contributed by atoms with Gasteiger partial charge in [-0.05, 0) is 44.2 Å². The van der Waals surface area contributed by atoms with Crippen LogP contribution in [0.25, 0.3) is 22.3 Å². The van der Waals surface area contributed by atoms with Crippen LogP contribution < -0.4 is 5.73 Å². The van der Waals surface area contributed by atoms with Crippen LogP contribution >= 0.6 is 0 Å². The van der Waals surface area contributed by atoms with Crippen LogP contribution in [0.2, 0.25) is 0 Å². The Labute approximate surface area is 250 Å². The zero-order valence-corrected chi connectivity index (χ0v) is 23.8. The number of hydrogen-bond donors (Lipinski definition) is 2. The fourth-order valence-corrected chi connectivity index (χ4v) is 6.65. The van der Waals surface area contributed by atoms with Crippen molar-refractivity contribution >= 4 is 16.9 Å². The second-order valence-electron chi connectivity index (χ2n) is 12.1. The van der Waals surface area contributed by atoms with E-state index in [9.17, 15) is 23.2 Å². The third-order valence-electron chi connectivity index (χ3n) is 9.41. The van der Waals surface area contributed by atoms with E-state index in [-0.39, 0.29) is 17.4 Å². The van der Waals surface area contributed by atoms with E-state index < -0.39 is 29.0 Å². The van der Waals surface area contributed by atoms with Gasteiger partial charge in [0, 0.05) is 55.6 Å². The van der Waals surface area contributed by atoms with Crippen LogP contribution in [0.4, 0.5) is 13.2 Å². The lowest BCUT2D eigenvalue weighted by molar-refractivity contribution is -0.145. The molecule has 3 N–H and O–H groups in total.